The smallest absolute Gasteiger partial charge is 0.302 e. The zero-order valence-electron chi connectivity index (χ0n) is 20.3. The van der Waals surface area contributed by atoms with Gasteiger partial charge in [0.15, 0.2) is 0 Å². The van der Waals surface area contributed by atoms with Gasteiger partial charge < -0.3 is 9.64 Å². The van der Waals surface area contributed by atoms with Crippen LogP contribution >= 0.6 is 45.2 Å². The molecule has 1 saturated heterocycles. The standard InChI is InChI=1S/C24H30F2N2O2.2CH3I/c1-19(29)30-18-17-28-15-13-27(14-16-28)12-2-3-24(20-4-8-22(25)9-5-20)21-6-10-23(26)11-7-21;2*1-2/h4-11,24H,2-3,12-18H2,1H3;2*1H3. The first-order chi connectivity index (χ1) is 16.5. The van der Waals surface area contributed by atoms with Crippen LogP contribution in [0, 0.1) is 11.6 Å². The van der Waals surface area contributed by atoms with Crippen LogP contribution in [-0.4, -0.2) is 71.5 Å². The summed E-state index contributed by atoms with van der Waals surface area (Å²) in [7, 11) is 0. The summed E-state index contributed by atoms with van der Waals surface area (Å²) in [5.74, 6) is -0.604. The summed E-state index contributed by atoms with van der Waals surface area (Å²) >= 11 is 4.30. The summed E-state index contributed by atoms with van der Waals surface area (Å²) in [6, 6.07) is 13.2. The highest BCUT2D eigenvalue weighted by Crippen LogP contribution is 2.30. The molecule has 1 heterocycles. The third-order valence-electron chi connectivity index (χ3n) is 5.69. The first kappa shape index (κ1) is 31.2. The number of esters is 1. The van der Waals surface area contributed by atoms with Crippen LogP contribution in [0.4, 0.5) is 8.78 Å². The van der Waals surface area contributed by atoms with E-state index in [0.717, 1.165) is 63.2 Å². The molecule has 0 N–H and O–H groups in total. The zero-order chi connectivity index (χ0) is 25.3. The summed E-state index contributed by atoms with van der Waals surface area (Å²) < 4.78 is 31.7. The van der Waals surface area contributed by atoms with E-state index < -0.39 is 0 Å². The van der Waals surface area contributed by atoms with E-state index >= 15 is 0 Å². The average Bonchev–Trinajstić information content (AvgIpc) is 2.86. The summed E-state index contributed by atoms with van der Waals surface area (Å²) in [5, 5.41) is 0. The molecule has 1 aliphatic rings. The van der Waals surface area contributed by atoms with E-state index in [-0.39, 0.29) is 23.5 Å². The highest BCUT2D eigenvalue weighted by Gasteiger charge is 2.19. The molecule has 2 aromatic carbocycles. The number of hydrogen-bond acceptors (Lipinski definition) is 4. The third-order valence-corrected chi connectivity index (χ3v) is 5.69. The van der Waals surface area contributed by atoms with Crippen LogP contribution in [0.1, 0.15) is 36.8 Å². The molecule has 0 amide bonds. The first-order valence-electron chi connectivity index (χ1n) is 11.4. The minimum atomic E-state index is -0.247. The second-order valence-electron chi connectivity index (χ2n) is 7.82. The van der Waals surface area contributed by atoms with Crippen molar-refractivity contribution in [2.45, 2.75) is 25.7 Å². The molecule has 0 spiro atoms. The molecular weight excluding hydrogens is 664 g/mol. The van der Waals surface area contributed by atoms with Gasteiger partial charge in [-0.2, -0.15) is 0 Å². The maximum absolute atomic E-state index is 13.4. The van der Waals surface area contributed by atoms with Crippen molar-refractivity contribution >= 4 is 51.2 Å². The molecule has 0 atom stereocenters. The molecule has 3 rings (SSSR count). The van der Waals surface area contributed by atoms with Gasteiger partial charge in [0.1, 0.15) is 18.2 Å². The number of piperazine rings is 1. The van der Waals surface area contributed by atoms with Gasteiger partial charge >= 0.3 is 5.97 Å². The molecule has 4 nitrogen and oxygen atoms in total. The number of alkyl halides is 2. The van der Waals surface area contributed by atoms with Gasteiger partial charge in [-0.05, 0) is 64.6 Å². The minimum Gasteiger partial charge on any atom is -0.465 e. The lowest BCUT2D eigenvalue weighted by atomic mass is 9.87. The Balaban J connectivity index is 0.00000137. The van der Waals surface area contributed by atoms with Gasteiger partial charge in [0, 0.05) is 45.6 Å². The lowest BCUT2D eigenvalue weighted by molar-refractivity contribution is -0.141. The van der Waals surface area contributed by atoms with Crippen LogP contribution < -0.4 is 0 Å². The van der Waals surface area contributed by atoms with E-state index in [1.807, 2.05) is 34.1 Å². The molecule has 0 unspecified atom stereocenters. The second kappa shape index (κ2) is 18.4. The average molecular weight is 700 g/mol. The van der Waals surface area contributed by atoms with Gasteiger partial charge in [0.2, 0.25) is 0 Å². The van der Waals surface area contributed by atoms with Gasteiger partial charge in [0.05, 0.1) is 0 Å². The molecule has 1 aliphatic heterocycles. The number of rotatable bonds is 9. The van der Waals surface area contributed by atoms with E-state index in [0.29, 0.717) is 6.61 Å². The van der Waals surface area contributed by atoms with Gasteiger partial charge in [-0.15, -0.1) is 0 Å². The van der Waals surface area contributed by atoms with E-state index in [9.17, 15) is 13.6 Å². The Bertz CT molecular complexity index is 754. The lowest BCUT2D eigenvalue weighted by Gasteiger charge is -2.34. The minimum absolute atomic E-state index is 0.121. The quantitative estimate of drug-likeness (QED) is 0.179. The largest absolute Gasteiger partial charge is 0.465 e. The summed E-state index contributed by atoms with van der Waals surface area (Å²) in [6.07, 6.45) is 1.93. The number of halogens is 4. The Labute approximate surface area is 230 Å². The number of ether oxygens (including phenoxy) is 1. The maximum atomic E-state index is 13.4. The molecule has 0 saturated carbocycles. The Kier molecular flexibility index (Phi) is 16.9. The van der Waals surface area contributed by atoms with Crippen LogP contribution in [0.15, 0.2) is 48.5 Å². The molecule has 190 valence electrons. The molecule has 0 bridgehead atoms. The highest BCUT2D eigenvalue weighted by atomic mass is 127. The predicted molar refractivity (Wildman–Crippen MR) is 153 cm³/mol. The van der Waals surface area contributed by atoms with Crippen LogP contribution in [0.2, 0.25) is 0 Å². The summed E-state index contributed by atoms with van der Waals surface area (Å²) in [4.78, 5) is 19.6. The number of benzene rings is 2. The van der Waals surface area contributed by atoms with Crippen molar-refractivity contribution in [2.24, 2.45) is 0 Å². The fourth-order valence-corrected chi connectivity index (χ4v) is 3.99. The van der Waals surface area contributed by atoms with E-state index in [1.165, 1.54) is 31.2 Å². The number of hydrogen-bond donors (Lipinski definition) is 0. The Morgan fingerprint density at radius 3 is 1.65 bits per heavy atom. The third kappa shape index (κ3) is 11.7. The van der Waals surface area contributed by atoms with E-state index in [2.05, 4.69) is 55.0 Å². The van der Waals surface area contributed by atoms with Crippen molar-refractivity contribution in [3.63, 3.8) is 0 Å². The molecule has 2 aromatic rings. The molecule has 8 heteroatoms. The van der Waals surface area contributed by atoms with Crippen molar-refractivity contribution < 1.29 is 18.3 Å². The maximum Gasteiger partial charge on any atom is 0.302 e. The number of carbonyl (C=O) groups excluding carboxylic acids is 1. The molecular formula is C26H36F2I2N2O2. The van der Waals surface area contributed by atoms with Gasteiger partial charge in [-0.3, -0.25) is 9.69 Å². The van der Waals surface area contributed by atoms with Crippen LogP contribution in [0.5, 0.6) is 0 Å². The van der Waals surface area contributed by atoms with Crippen LogP contribution in [-0.2, 0) is 9.53 Å². The van der Waals surface area contributed by atoms with Crippen molar-refractivity contribution in [2.75, 3.05) is 55.7 Å². The zero-order valence-corrected chi connectivity index (χ0v) is 24.6. The highest BCUT2D eigenvalue weighted by molar-refractivity contribution is 14.1. The van der Waals surface area contributed by atoms with Crippen molar-refractivity contribution in [1.82, 2.24) is 9.80 Å². The van der Waals surface area contributed by atoms with Crippen LogP contribution in [0.25, 0.3) is 0 Å². The lowest BCUT2D eigenvalue weighted by Crippen LogP contribution is -2.47. The Hall–Kier alpha value is -0.850. The summed E-state index contributed by atoms with van der Waals surface area (Å²) in [5.41, 5.74) is 2.11. The number of carbonyl (C=O) groups is 1. The molecule has 1 fully saturated rings. The van der Waals surface area contributed by atoms with Gasteiger partial charge in [-0.1, -0.05) is 69.4 Å². The topological polar surface area (TPSA) is 32.8 Å². The molecule has 0 aliphatic carbocycles. The second-order valence-corrected chi connectivity index (χ2v) is 7.82. The fourth-order valence-electron chi connectivity index (χ4n) is 3.99. The van der Waals surface area contributed by atoms with Crippen molar-refractivity contribution in [3.8, 4) is 0 Å². The first-order valence-corrected chi connectivity index (χ1v) is 15.7. The van der Waals surface area contributed by atoms with Gasteiger partial charge in [-0.25, -0.2) is 8.78 Å². The fraction of sp³-hybridized carbons (Fsp3) is 0.500. The van der Waals surface area contributed by atoms with Crippen molar-refractivity contribution in [1.29, 1.82) is 0 Å². The monoisotopic (exact) mass is 700 g/mol. The normalized spacial score (nSPS) is 14.0. The molecule has 34 heavy (non-hydrogen) atoms. The van der Waals surface area contributed by atoms with E-state index in [4.69, 9.17) is 4.74 Å². The predicted octanol–water partition coefficient (Wildman–Crippen LogP) is 6.16. The van der Waals surface area contributed by atoms with Gasteiger partial charge in [0.25, 0.3) is 0 Å². The number of nitrogens with zero attached hydrogens (tertiary/aromatic N) is 2. The Morgan fingerprint density at radius 1 is 0.824 bits per heavy atom. The van der Waals surface area contributed by atoms with Crippen LogP contribution in [0.3, 0.4) is 0 Å². The van der Waals surface area contributed by atoms with E-state index in [1.54, 1.807) is 0 Å². The molecule has 0 radical (unpaired) electrons. The molecule has 0 aromatic heterocycles. The summed E-state index contributed by atoms with van der Waals surface area (Å²) in [6.45, 7) is 7.60. The van der Waals surface area contributed by atoms with Crippen molar-refractivity contribution in [3.05, 3.63) is 71.3 Å². The SMILES string of the molecule is CC(=O)OCCN1CCN(CCCC(c2ccc(F)cc2)c2ccc(F)cc2)CC1.CI.CI. The Morgan fingerprint density at radius 2 is 1.24 bits per heavy atom.